The van der Waals surface area contributed by atoms with E-state index in [1.165, 1.54) is 4.31 Å². The van der Waals surface area contributed by atoms with Crippen LogP contribution in [0.3, 0.4) is 0 Å². The quantitative estimate of drug-likeness (QED) is 0.679. The zero-order chi connectivity index (χ0) is 16.7. The molecule has 2 rings (SSSR count). The number of ether oxygens (including phenoxy) is 2. The molecule has 1 saturated heterocycles. The second-order valence-electron chi connectivity index (χ2n) is 5.08. The summed E-state index contributed by atoms with van der Waals surface area (Å²) in [5.41, 5.74) is 0.814. The summed E-state index contributed by atoms with van der Waals surface area (Å²) < 4.78 is 38.2. The Bertz CT molecular complexity index is 600. The molecule has 0 atom stereocenters. The van der Waals surface area contributed by atoms with Gasteiger partial charge in [0.25, 0.3) is 10.2 Å². The summed E-state index contributed by atoms with van der Waals surface area (Å²) in [6.45, 7) is 3.02. The second-order valence-corrected chi connectivity index (χ2v) is 7.01. The minimum Gasteiger partial charge on any atom is -0.465 e. The largest absolute Gasteiger partial charge is 0.465 e. The molecule has 0 aromatic heterocycles. The number of carbonyl (C=O) groups is 1. The molecule has 0 aliphatic carbocycles. The first-order valence-electron chi connectivity index (χ1n) is 7.56. The minimum absolute atomic E-state index is 0.124. The van der Waals surface area contributed by atoms with E-state index in [1.807, 2.05) is 30.3 Å². The lowest BCUT2D eigenvalue weighted by atomic mass is 10.2. The number of carbonyl (C=O) groups excluding carboxylic acids is 1. The number of nitrogens with zero attached hydrogens (tertiary/aromatic N) is 2. The summed E-state index contributed by atoms with van der Waals surface area (Å²) in [6, 6.07) is 9.17. The van der Waals surface area contributed by atoms with Crippen LogP contribution in [-0.4, -0.2) is 62.5 Å². The van der Waals surface area contributed by atoms with Crippen molar-refractivity contribution in [2.24, 2.45) is 0 Å². The molecule has 128 valence electrons. The van der Waals surface area contributed by atoms with Crippen LogP contribution < -0.4 is 0 Å². The maximum Gasteiger partial charge on any atom is 0.321 e. The first-order valence-corrected chi connectivity index (χ1v) is 8.96. The van der Waals surface area contributed by atoms with Gasteiger partial charge in [0.05, 0.1) is 19.8 Å². The van der Waals surface area contributed by atoms with Crippen LogP contribution in [0.4, 0.5) is 0 Å². The molecule has 0 N–H and O–H groups in total. The van der Waals surface area contributed by atoms with Crippen molar-refractivity contribution in [3.63, 3.8) is 0 Å². The first kappa shape index (κ1) is 17.9. The van der Waals surface area contributed by atoms with E-state index < -0.39 is 16.2 Å². The number of hydrogen-bond donors (Lipinski definition) is 0. The average molecular weight is 342 g/mol. The first-order chi connectivity index (χ1) is 11.0. The van der Waals surface area contributed by atoms with E-state index in [0.29, 0.717) is 13.2 Å². The van der Waals surface area contributed by atoms with E-state index in [0.717, 1.165) is 9.87 Å². The third-order valence-corrected chi connectivity index (χ3v) is 5.36. The van der Waals surface area contributed by atoms with Crippen molar-refractivity contribution in [2.45, 2.75) is 13.5 Å². The molecule has 1 aromatic carbocycles. The lowest BCUT2D eigenvalue weighted by molar-refractivity contribution is -0.143. The van der Waals surface area contributed by atoms with E-state index in [1.54, 1.807) is 6.92 Å². The van der Waals surface area contributed by atoms with Crippen molar-refractivity contribution >= 4 is 16.2 Å². The fraction of sp³-hybridized carbons (Fsp3) is 0.533. The van der Waals surface area contributed by atoms with Crippen LogP contribution in [0.1, 0.15) is 12.5 Å². The fourth-order valence-corrected chi connectivity index (χ4v) is 3.82. The number of morpholine rings is 1. The topological polar surface area (TPSA) is 76.2 Å². The second kappa shape index (κ2) is 8.39. The molecule has 0 unspecified atom stereocenters. The Balaban J connectivity index is 2.18. The summed E-state index contributed by atoms with van der Waals surface area (Å²) in [6.07, 6.45) is 0. The van der Waals surface area contributed by atoms with Gasteiger partial charge in [0.15, 0.2) is 0 Å². The molecule has 1 fully saturated rings. The molecule has 0 saturated carbocycles. The predicted octanol–water partition coefficient (Wildman–Crippen LogP) is 0.629. The Morgan fingerprint density at radius 2 is 1.91 bits per heavy atom. The van der Waals surface area contributed by atoms with Crippen molar-refractivity contribution in [1.82, 2.24) is 8.61 Å². The molecule has 0 bridgehead atoms. The molecule has 0 amide bonds. The van der Waals surface area contributed by atoms with Crippen molar-refractivity contribution in [1.29, 1.82) is 0 Å². The third kappa shape index (κ3) is 5.00. The molecule has 1 aliphatic rings. The van der Waals surface area contributed by atoms with Gasteiger partial charge in [0.2, 0.25) is 0 Å². The van der Waals surface area contributed by atoms with Gasteiger partial charge >= 0.3 is 5.97 Å². The van der Waals surface area contributed by atoms with Crippen molar-refractivity contribution in [2.75, 3.05) is 39.5 Å². The molecule has 1 aromatic rings. The minimum atomic E-state index is -3.75. The third-order valence-electron chi connectivity index (χ3n) is 3.44. The summed E-state index contributed by atoms with van der Waals surface area (Å²) in [4.78, 5) is 11.8. The zero-order valence-corrected chi connectivity index (χ0v) is 14.0. The molecule has 1 aliphatic heterocycles. The highest BCUT2D eigenvalue weighted by Crippen LogP contribution is 2.15. The summed E-state index contributed by atoms with van der Waals surface area (Å²) in [5.74, 6) is -0.555. The van der Waals surface area contributed by atoms with Crippen LogP contribution in [0.25, 0.3) is 0 Å². The summed E-state index contributed by atoms with van der Waals surface area (Å²) in [7, 11) is -3.75. The van der Waals surface area contributed by atoms with Gasteiger partial charge in [-0.05, 0) is 12.5 Å². The highest BCUT2D eigenvalue weighted by atomic mass is 32.2. The van der Waals surface area contributed by atoms with Crippen LogP contribution in [0.2, 0.25) is 0 Å². The van der Waals surface area contributed by atoms with Crippen LogP contribution in [0.15, 0.2) is 30.3 Å². The van der Waals surface area contributed by atoms with E-state index in [9.17, 15) is 13.2 Å². The van der Waals surface area contributed by atoms with Gasteiger partial charge in [-0.2, -0.15) is 17.0 Å². The van der Waals surface area contributed by atoms with Crippen LogP contribution in [0.5, 0.6) is 0 Å². The maximum atomic E-state index is 12.8. The van der Waals surface area contributed by atoms with Crippen molar-refractivity contribution in [3.05, 3.63) is 35.9 Å². The monoisotopic (exact) mass is 342 g/mol. The lowest BCUT2D eigenvalue weighted by Gasteiger charge is -2.31. The SMILES string of the molecule is CCOC(=O)CN(Cc1ccccc1)S(=O)(=O)N1CCOCC1. The van der Waals surface area contributed by atoms with Gasteiger partial charge in [-0.15, -0.1) is 0 Å². The number of rotatable bonds is 7. The predicted molar refractivity (Wildman–Crippen MR) is 84.8 cm³/mol. The van der Waals surface area contributed by atoms with Crippen molar-refractivity contribution < 1.29 is 22.7 Å². The van der Waals surface area contributed by atoms with Crippen LogP contribution >= 0.6 is 0 Å². The molecule has 7 nitrogen and oxygen atoms in total. The van der Waals surface area contributed by atoms with Gasteiger partial charge < -0.3 is 9.47 Å². The van der Waals surface area contributed by atoms with E-state index >= 15 is 0 Å². The van der Waals surface area contributed by atoms with Gasteiger partial charge in [-0.25, -0.2) is 0 Å². The molecule has 0 radical (unpaired) electrons. The average Bonchev–Trinajstić information content (AvgIpc) is 2.56. The molecular weight excluding hydrogens is 320 g/mol. The summed E-state index contributed by atoms with van der Waals surface area (Å²) >= 11 is 0. The van der Waals surface area contributed by atoms with Gasteiger partial charge in [-0.3, -0.25) is 4.79 Å². The number of benzene rings is 1. The van der Waals surface area contributed by atoms with Crippen molar-refractivity contribution in [3.8, 4) is 0 Å². The van der Waals surface area contributed by atoms with Gasteiger partial charge in [-0.1, -0.05) is 30.3 Å². The fourth-order valence-electron chi connectivity index (χ4n) is 2.30. The Labute approximate surface area is 137 Å². The Morgan fingerprint density at radius 1 is 1.26 bits per heavy atom. The van der Waals surface area contributed by atoms with E-state index in [4.69, 9.17) is 9.47 Å². The molecule has 1 heterocycles. The Kier molecular flexibility index (Phi) is 6.52. The molecule has 8 heteroatoms. The van der Waals surface area contributed by atoms with Crippen LogP contribution in [0, 0.1) is 0 Å². The van der Waals surface area contributed by atoms with Gasteiger partial charge in [0.1, 0.15) is 6.54 Å². The molecular formula is C15H22N2O5S. The van der Waals surface area contributed by atoms with E-state index in [-0.39, 0.29) is 32.8 Å². The number of esters is 1. The molecule has 23 heavy (non-hydrogen) atoms. The number of hydrogen-bond acceptors (Lipinski definition) is 5. The summed E-state index contributed by atoms with van der Waals surface area (Å²) in [5, 5.41) is 0. The highest BCUT2D eigenvalue weighted by molar-refractivity contribution is 7.86. The highest BCUT2D eigenvalue weighted by Gasteiger charge is 2.32. The normalized spacial score (nSPS) is 16.4. The molecule has 0 spiro atoms. The standard InChI is InChI=1S/C15H22N2O5S/c1-2-22-15(18)13-17(12-14-6-4-3-5-7-14)23(19,20)16-8-10-21-11-9-16/h3-7H,2,8-13H2,1H3. The van der Waals surface area contributed by atoms with E-state index in [2.05, 4.69) is 0 Å². The Morgan fingerprint density at radius 3 is 2.52 bits per heavy atom. The van der Waals surface area contributed by atoms with Gasteiger partial charge in [0, 0.05) is 19.6 Å². The maximum absolute atomic E-state index is 12.8. The lowest BCUT2D eigenvalue weighted by Crippen LogP contribution is -2.49. The van der Waals surface area contributed by atoms with Crippen LogP contribution in [-0.2, 0) is 31.0 Å². The zero-order valence-electron chi connectivity index (χ0n) is 13.2. The smallest absolute Gasteiger partial charge is 0.321 e. The Hall–Kier alpha value is -1.48.